The molecule has 2 heterocycles. The van der Waals surface area contributed by atoms with Crippen LogP contribution in [-0.4, -0.2) is 41.1 Å². The third-order valence-electron chi connectivity index (χ3n) is 3.30. The van der Waals surface area contributed by atoms with Crippen LogP contribution in [0.2, 0.25) is 0 Å². The summed E-state index contributed by atoms with van der Waals surface area (Å²) >= 11 is 0. The Kier molecular flexibility index (Phi) is 5.53. The summed E-state index contributed by atoms with van der Waals surface area (Å²) < 4.78 is 50.5. The molecule has 136 valence electrons. The molecule has 0 saturated carbocycles. The summed E-state index contributed by atoms with van der Waals surface area (Å²) in [6, 6.07) is 2.66. The Bertz CT molecular complexity index is 877. The molecular weight excluding hydrogens is 354 g/mol. The van der Waals surface area contributed by atoms with Gasteiger partial charge >= 0.3 is 0 Å². The van der Waals surface area contributed by atoms with E-state index in [9.17, 15) is 22.3 Å². The first-order valence-corrected chi connectivity index (χ1v) is 9.09. The van der Waals surface area contributed by atoms with Crippen LogP contribution in [0.15, 0.2) is 35.4 Å². The van der Waals surface area contributed by atoms with Crippen molar-refractivity contribution >= 4 is 15.7 Å². The summed E-state index contributed by atoms with van der Waals surface area (Å²) in [6.07, 6.45) is -0.727. The Morgan fingerprint density at radius 1 is 1.44 bits per heavy atom. The van der Waals surface area contributed by atoms with E-state index in [1.807, 2.05) is 0 Å². The average molecular weight is 372 g/mol. The number of nitrogens with one attached hydrogen (secondary N) is 1. The van der Waals surface area contributed by atoms with E-state index >= 15 is 0 Å². The van der Waals surface area contributed by atoms with Crippen molar-refractivity contribution in [2.75, 3.05) is 18.1 Å². The Morgan fingerprint density at radius 3 is 2.56 bits per heavy atom. The number of hydrogen-bond donors (Lipinski definition) is 2. The third-order valence-corrected chi connectivity index (χ3v) is 4.40. The molecule has 0 spiro atoms. The summed E-state index contributed by atoms with van der Waals surface area (Å²) in [5.41, 5.74) is 0.126. The van der Waals surface area contributed by atoms with Crippen LogP contribution in [0.4, 0.5) is 14.6 Å². The number of halogens is 2. The maximum absolute atomic E-state index is 13.2. The fourth-order valence-corrected chi connectivity index (χ4v) is 2.66. The third kappa shape index (κ3) is 4.20. The van der Waals surface area contributed by atoms with Crippen molar-refractivity contribution in [2.24, 2.45) is 0 Å². The summed E-state index contributed by atoms with van der Waals surface area (Å²) in [6.45, 7) is 5.11. The van der Waals surface area contributed by atoms with Gasteiger partial charge in [-0.2, -0.15) is 9.78 Å². The van der Waals surface area contributed by atoms with E-state index in [1.54, 1.807) is 6.92 Å². The van der Waals surface area contributed by atoms with Crippen molar-refractivity contribution in [1.82, 2.24) is 14.8 Å². The molecule has 2 aromatic rings. The molecule has 7 nitrogen and oxygen atoms in total. The van der Waals surface area contributed by atoms with Gasteiger partial charge in [0, 0.05) is 24.6 Å². The lowest BCUT2D eigenvalue weighted by Gasteiger charge is -2.11. The van der Waals surface area contributed by atoms with Crippen molar-refractivity contribution in [3.8, 4) is 5.82 Å². The van der Waals surface area contributed by atoms with Crippen molar-refractivity contribution < 1.29 is 22.3 Å². The Balaban J connectivity index is 2.56. The average Bonchev–Trinajstić information content (AvgIpc) is 2.90. The minimum atomic E-state index is -3.43. The first-order chi connectivity index (χ1) is 11.6. The van der Waals surface area contributed by atoms with Gasteiger partial charge in [-0.25, -0.2) is 22.2 Å². The van der Waals surface area contributed by atoms with Crippen molar-refractivity contribution in [1.29, 1.82) is 0 Å². The number of pyridine rings is 1. The van der Waals surface area contributed by atoms with Crippen LogP contribution in [0.1, 0.15) is 24.6 Å². The summed E-state index contributed by atoms with van der Waals surface area (Å²) in [7, 11) is -3.43. The Labute approximate surface area is 143 Å². The molecule has 2 aromatic heterocycles. The van der Waals surface area contributed by atoms with E-state index in [1.165, 1.54) is 12.1 Å². The molecule has 0 bridgehead atoms. The molecule has 10 heteroatoms. The van der Waals surface area contributed by atoms with Gasteiger partial charge in [0.15, 0.2) is 15.7 Å². The Morgan fingerprint density at radius 2 is 2.12 bits per heavy atom. The molecule has 2 rings (SSSR count). The molecule has 0 aliphatic rings. The number of aliphatic hydroxyl groups is 1. The standard InChI is InChI=1S/C15H18F2N4O3S/c1-9(2)6-19-15-11(8-22)13(14(16)17)20-21(15)12-5-4-10(7-18-12)25(3,23)24/h4-5,7,14,19,22H,1,6,8H2,2-3H3. The highest BCUT2D eigenvalue weighted by atomic mass is 32.2. The van der Waals surface area contributed by atoms with Gasteiger partial charge in [0.05, 0.1) is 11.5 Å². The molecule has 0 atom stereocenters. The van der Waals surface area contributed by atoms with Crippen LogP contribution in [0, 0.1) is 0 Å². The minimum absolute atomic E-state index is 0.00341. The first kappa shape index (κ1) is 19.0. The molecule has 0 aliphatic heterocycles. The molecule has 0 radical (unpaired) electrons. The van der Waals surface area contributed by atoms with Crippen LogP contribution in [-0.2, 0) is 16.4 Å². The number of aromatic nitrogens is 3. The van der Waals surface area contributed by atoms with E-state index in [2.05, 4.69) is 22.0 Å². The van der Waals surface area contributed by atoms with Crippen molar-refractivity contribution in [3.05, 3.63) is 41.7 Å². The predicted molar refractivity (Wildman–Crippen MR) is 88.7 cm³/mol. The van der Waals surface area contributed by atoms with Crippen LogP contribution in [0.25, 0.3) is 5.82 Å². The second-order valence-electron chi connectivity index (χ2n) is 5.52. The van der Waals surface area contributed by atoms with Crippen molar-refractivity contribution in [2.45, 2.75) is 24.9 Å². The van der Waals surface area contributed by atoms with Gasteiger partial charge in [-0.05, 0) is 19.1 Å². The second-order valence-corrected chi connectivity index (χ2v) is 7.53. The van der Waals surface area contributed by atoms with Crippen LogP contribution < -0.4 is 5.32 Å². The maximum Gasteiger partial charge on any atom is 0.282 e. The summed E-state index contributed by atoms with van der Waals surface area (Å²) in [5.74, 6) is 0.290. The van der Waals surface area contributed by atoms with E-state index in [0.29, 0.717) is 0 Å². The SMILES string of the molecule is C=C(C)CNc1c(CO)c(C(F)F)nn1-c1ccc(S(C)(=O)=O)cn1. The summed E-state index contributed by atoms with van der Waals surface area (Å²) in [4.78, 5) is 3.98. The number of rotatable bonds is 7. The molecule has 0 amide bonds. The number of hydrogen-bond acceptors (Lipinski definition) is 6. The quantitative estimate of drug-likeness (QED) is 0.723. The van der Waals surface area contributed by atoms with E-state index in [0.717, 1.165) is 22.7 Å². The second kappa shape index (κ2) is 7.28. The minimum Gasteiger partial charge on any atom is -0.391 e. The highest BCUT2D eigenvalue weighted by molar-refractivity contribution is 7.90. The van der Waals surface area contributed by atoms with Gasteiger partial charge in [0.25, 0.3) is 6.43 Å². The number of alkyl halides is 2. The molecule has 2 N–H and O–H groups in total. The van der Waals surface area contributed by atoms with Crippen LogP contribution in [0.5, 0.6) is 0 Å². The zero-order chi connectivity index (χ0) is 18.8. The number of aliphatic hydroxyl groups excluding tert-OH is 1. The van der Waals surface area contributed by atoms with E-state index in [-0.39, 0.29) is 28.6 Å². The number of anilines is 1. The first-order valence-electron chi connectivity index (χ1n) is 7.20. The fourth-order valence-electron chi connectivity index (χ4n) is 2.10. The molecule has 0 unspecified atom stereocenters. The van der Waals surface area contributed by atoms with Gasteiger partial charge in [-0.1, -0.05) is 12.2 Å². The summed E-state index contributed by atoms with van der Waals surface area (Å²) in [5, 5.41) is 16.2. The fraction of sp³-hybridized carbons (Fsp3) is 0.333. The predicted octanol–water partition coefficient (Wildman–Crippen LogP) is 2.09. The highest BCUT2D eigenvalue weighted by Crippen LogP contribution is 2.30. The molecule has 0 saturated heterocycles. The van der Waals surface area contributed by atoms with Gasteiger partial charge < -0.3 is 10.4 Å². The molecule has 0 aromatic carbocycles. The van der Waals surface area contributed by atoms with E-state index < -0.39 is 28.6 Å². The van der Waals surface area contributed by atoms with Crippen molar-refractivity contribution in [3.63, 3.8) is 0 Å². The van der Waals surface area contributed by atoms with E-state index in [4.69, 9.17) is 0 Å². The lowest BCUT2D eigenvalue weighted by molar-refractivity contribution is 0.141. The normalized spacial score (nSPS) is 11.8. The highest BCUT2D eigenvalue weighted by Gasteiger charge is 2.25. The largest absolute Gasteiger partial charge is 0.391 e. The molecular formula is C15H18F2N4O3S. The molecule has 0 aliphatic carbocycles. The lowest BCUT2D eigenvalue weighted by Crippen LogP contribution is -2.11. The number of nitrogens with zero attached hydrogens (tertiary/aromatic N) is 3. The van der Waals surface area contributed by atoms with Crippen LogP contribution in [0.3, 0.4) is 0 Å². The zero-order valence-electron chi connectivity index (χ0n) is 13.7. The lowest BCUT2D eigenvalue weighted by atomic mass is 10.2. The monoisotopic (exact) mass is 372 g/mol. The van der Waals surface area contributed by atoms with Gasteiger partial charge in [0.1, 0.15) is 11.5 Å². The van der Waals surface area contributed by atoms with Crippen LogP contribution >= 0.6 is 0 Å². The maximum atomic E-state index is 13.2. The number of sulfone groups is 1. The van der Waals surface area contributed by atoms with Gasteiger partial charge in [0.2, 0.25) is 0 Å². The Hall–Kier alpha value is -2.33. The smallest absolute Gasteiger partial charge is 0.282 e. The zero-order valence-corrected chi connectivity index (χ0v) is 14.5. The van der Waals surface area contributed by atoms with Gasteiger partial charge in [-0.15, -0.1) is 0 Å². The topological polar surface area (TPSA) is 97.1 Å². The molecule has 0 fully saturated rings. The van der Waals surface area contributed by atoms with Gasteiger partial charge in [-0.3, -0.25) is 0 Å². The molecule has 25 heavy (non-hydrogen) atoms.